The molecule has 4 N–H and O–H groups in total. The lowest BCUT2D eigenvalue weighted by molar-refractivity contribution is 0.0235. The number of morpholine rings is 1. The number of carboxylic acids is 1. The van der Waals surface area contributed by atoms with Crippen molar-refractivity contribution in [2.45, 2.75) is 6.29 Å². The Morgan fingerprint density at radius 1 is 1.34 bits per heavy atom. The second-order valence-electron chi connectivity index (χ2n) is 6.64. The lowest BCUT2D eigenvalue weighted by Gasteiger charge is -2.36. The zero-order valence-corrected chi connectivity index (χ0v) is 15.6. The number of anilines is 2. The molecule has 2 aliphatic heterocycles. The summed E-state index contributed by atoms with van der Waals surface area (Å²) in [5.41, 5.74) is 1.73. The van der Waals surface area contributed by atoms with Crippen LogP contribution in [0.4, 0.5) is 15.8 Å². The maximum Gasteiger partial charge on any atom is 0.354 e. The normalized spacial score (nSPS) is 19.1. The third-order valence-corrected chi connectivity index (χ3v) is 4.86. The van der Waals surface area contributed by atoms with E-state index < -0.39 is 18.1 Å². The Kier molecular flexibility index (Phi) is 5.03. The molecule has 1 unspecified atom stereocenters. The van der Waals surface area contributed by atoms with Gasteiger partial charge in [0.2, 0.25) is 0 Å². The molecule has 9 nitrogen and oxygen atoms in total. The number of phenolic OH excluding ortho intramolecular Hbond substituents is 1. The Labute approximate surface area is 165 Å². The molecule has 0 aliphatic carbocycles. The summed E-state index contributed by atoms with van der Waals surface area (Å²) < 4.78 is 18.9. The molecule has 0 bridgehead atoms. The number of ether oxygens (including phenoxy) is 1. The Balaban J connectivity index is 1.90. The number of aromatic hydroxyl groups is 1. The fraction of sp³-hybridized carbons (Fsp3) is 0.316. The molecule has 1 atom stereocenters. The second-order valence-corrected chi connectivity index (χ2v) is 6.64. The van der Waals surface area contributed by atoms with Gasteiger partial charge in [-0.2, -0.15) is 0 Å². The summed E-state index contributed by atoms with van der Waals surface area (Å²) in [7, 11) is 1.67. The summed E-state index contributed by atoms with van der Waals surface area (Å²) in [5.74, 6) is -2.08. The smallest absolute Gasteiger partial charge is 0.354 e. The van der Waals surface area contributed by atoms with Crippen LogP contribution >= 0.6 is 0 Å². The number of halogens is 1. The maximum absolute atomic E-state index is 13.5. The van der Waals surface area contributed by atoms with Crippen LogP contribution in [0.3, 0.4) is 0 Å². The van der Waals surface area contributed by atoms with Gasteiger partial charge in [-0.15, -0.1) is 0 Å². The van der Waals surface area contributed by atoms with E-state index in [4.69, 9.17) is 9.73 Å². The first-order valence-electron chi connectivity index (χ1n) is 9.09. The van der Waals surface area contributed by atoms with Gasteiger partial charge in [0.05, 0.1) is 24.6 Å². The molecule has 29 heavy (non-hydrogen) atoms. The highest BCUT2D eigenvalue weighted by Crippen LogP contribution is 2.35. The number of phenols is 1. The second kappa shape index (κ2) is 7.64. The van der Waals surface area contributed by atoms with E-state index in [9.17, 15) is 19.4 Å². The van der Waals surface area contributed by atoms with Crippen LogP contribution in [0.1, 0.15) is 21.7 Å². The number of rotatable bonds is 4. The minimum absolute atomic E-state index is 0.172. The molecule has 2 aromatic rings. The monoisotopic (exact) mass is 401 g/mol. The number of carbonyl (C=O) groups is 1. The van der Waals surface area contributed by atoms with E-state index in [2.05, 4.69) is 20.5 Å². The van der Waals surface area contributed by atoms with Gasteiger partial charge in [-0.1, -0.05) is 0 Å². The van der Waals surface area contributed by atoms with Crippen molar-refractivity contribution in [2.75, 3.05) is 44.0 Å². The SMILES string of the molecule is CNc1cc(C(=O)O)nc2c1NC(N1CCOCC1)N=C2c1ccc(F)cc1O. The number of fused-ring (bicyclic) bond motifs is 1. The van der Waals surface area contributed by atoms with E-state index in [1.54, 1.807) is 7.05 Å². The number of carboxylic acid groups (broad SMARTS) is 1. The van der Waals surface area contributed by atoms with Crippen LogP contribution in [0, 0.1) is 5.82 Å². The number of aliphatic imine (C=N–C) groups is 1. The number of benzene rings is 1. The molecule has 0 radical (unpaired) electrons. The van der Waals surface area contributed by atoms with Gasteiger partial charge >= 0.3 is 5.97 Å². The van der Waals surface area contributed by atoms with Crippen LogP contribution in [0.5, 0.6) is 5.75 Å². The highest BCUT2D eigenvalue weighted by atomic mass is 19.1. The van der Waals surface area contributed by atoms with E-state index in [0.29, 0.717) is 37.7 Å². The van der Waals surface area contributed by atoms with Crippen molar-refractivity contribution in [3.8, 4) is 5.75 Å². The Morgan fingerprint density at radius 2 is 2.10 bits per heavy atom. The Hall–Kier alpha value is -3.24. The fourth-order valence-corrected chi connectivity index (χ4v) is 3.41. The average molecular weight is 401 g/mol. The summed E-state index contributed by atoms with van der Waals surface area (Å²) >= 11 is 0. The summed E-state index contributed by atoms with van der Waals surface area (Å²) in [5, 5.41) is 26.0. The molecule has 2 aliphatic rings. The van der Waals surface area contributed by atoms with E-state index in [0.717, 1.165) is 6.07 Å². The third-order valence-electron chi connectivity index (χ3n) is 4.86. The Bertz CT molecular complexity index is 991. The van der Waals surface area contributed by atoms with Gasteiger partial charge < -0.3 is 25.6 Å². The zero-order valence-electron chi connectivity index (χ0n) is 15.6. The number of hydrogen-bond acceptors (Lipinski definition) is 8. The van der Waals surface area contributed by atoms with E-state index >= 15 is 0 Å². The number of aromatic carboxylic acids is 1. The minimum Gasteiger partial charge on any atom is -0.507 e. The van der Waals surface area contributed by atoms with Gasteiger partial charge in [-0.05, 0) is 18.2 Å². The molecule has 0 spiro atoms. The molecule has 1 aromatic carbocycles. The lowest BCUT2D eigenvalue weighted by atomic mass is 10.0. The lowest BCUT2D eigenvalue weighted by Crippen LogP contribution is -2.48. The van der Waals surface area contributed by atoms with Crippen molar-refractivity contribution in [1.82, 2.24) is 9.88 Å². The minimum atomic E-state index is -1.19. The van der Waals surface area contributed by atoms with Crippen LogP contribution in [0.15, 0.2) is 29.3 Å². The Morgan fingerprint density at radius 3 is 2.76 bits per heavy atom. The summed E-state index contributed by atoms with van der Waals surface area (Å²) in [6.45, 7) is 2.42. The average Bonchev–Trinajstić information content (AvgIpc) is 2.73. The molecule has 0 saturated carbocycles. The van der Waals surface area contributed by atoms with Crippen LogP contribution < -0.4 is 10.6 Å². The quantitative estimate of drug-likeness (QED) is 0.609. The van der Waals surface area contributed by atoms with Crippen molar-refractivity contribution >= 4 is 23.1 Å². The van der Waals surface area contributed by atoms with E-state index in [1.807, 2.05) is 0 Å². The van der Waals surface area contributed by atoms with Crippen molar-refractivity contribution in [3.05, 3.63) is 47.0 Å². The first-order chi connectivity index (χ1) is 14.0. The van der Waals surface area contributed by atoms with Crippen LogP contribution in [0.25, 0.3) is 0 Å². The maximum atomic E-state index is 13.5. The fourth-order valence-electron chi connectivity index (χ4n) is 3.41. The summed E-state index contributed by atoms with van der Waals surface area (Å²) in [4.78, 5) is 22.6. The highest BCUT2D eigenvalue weighted by molar-refractivity contribution is 6.18. The van der Waals surface area contributed by atoms with Crippen LogP contribution in [-0.4, -0.2) is 71.4 Å². The van der Waals surface area contributed by atoms with Crippen molar-refractivity contribution in [3.63, 3.8) is 0 Å². The standard InChI is InChI=1S/C19H20FN5O4/c1-21-12-9-13(18(27)28)22-17-15(11-3-2-10(20)8-14(11)26)23-19(24-16(12)17)25-4-6-29-7-5-25/h2-3,8-9,19,24,26H,4-7H2,1H3,(H,21,22)(H,27,28). The van der Waals surface area contributed by atoms with Crippen LogP contribution in [-0.2, 0) is 4.74 Å². The summed E-state index contributed by atoms with van der Waals surface area (Å²) in [6, 6.07) is 5.04. The van der Waals surface area contributed by atoms with Gasteiger partial charge in [0.1, 0.15) is 23.0 Å². The first-order valence-corrected chi connectivity index (χ1v) is 9.09. The highest BCUT2D eigenvalue weighted by Gasteiger charge is 2.31. The van der Waals surface area contributed by atoms with Crippen molar-refractivity contribution in [1.29, 1.82) is 0 Å². The summed E-state index contributed by atoms with van der Waals surface area (Å²) in [6.07, 6.45) is -0.476. The van der Waals surface area contributed by atoms with Crippen LogP contribution in [0.2, 0.25) is 0 Å². The number of pyridine rings is 1. The zero-order chi connectivity index (χ0) is 20.5. The van der Waals surface area contributed by atoms with Gasteiger partial charge in [0.15, 0.2) is 12.0 Å². The number of nitrogens with one attached hydrogen (secondary N) is 2. The van der Waals surface area contributed by atoms with Gasteiger partial charge in [-0.3, -0.25) is 4.90 Å². The van der Waals surface area contributed by atoms with Crippen molar-refractivity contribution < 1.29 is 24.1 Å². The van der Waals surface area contributed by atoms with Crippen molar-refractivity contribution in [2.24, 2.45) is 4.99 Å². The first kappa shape index (κ1) is 19.1. The number of aromatic nitrogens is 1. The third kappa shape index (κ3) is 3.59. The molecule has 1 saturated heterocycles. The predicted molar refractivity (Wildman–Crippen MR) is 104 cm³/mol. The molecule has 3 heterocycles. The van der Waals surface area contributed by atoms with E-state index in [1.165, 1.54) is 18.2 Å². The molecule has 1 fully saturated rings. The topological polar surface area (TPSA) is 119 Å². The van der Waals surface area contributed by atoms with Gasteiger partial charge in [0, 0.05) is 31.8 Å². The van der Waals surface area contributed by atoms with E-state index in [-0.39, 0.29) is 28.4 Å². The predicted octanol–water partition coefficient (Wildman–Crippen LogP) is 1.54. The molecule has 10 heteroatoms. The molecule has 1 aromatic heterocycles. The molecule has 0 amide bonds. The number of hydrogen-bond donors (Lipinski definition) is 4. The molecule has 4 rings (SSSR count). The largest absolute Gasteiger partial charge is 0.507 e. The van der Waals surface area contributed by atoms with Gasteiger partial charge in [0.25, 0.3) is 0 Å². The number of nitrogens with zero attached hydrogens (tertiary/aromatic N) is 3. The molecular weight excluding hydrogens is 381 g/mol. The molecule has 152 valence electrons. The van der Waals surface area contributed by atoms with Gasteiger partial charge in [-0.25, -0.2) is 19.2 Å². The molecular formula is C19H20FN5O4.